The minimum absolute atomic E-state index is 0. The van der Waals surface area contributed by atoms with Gasteiger partial charge >= 0.3 is 0 Å². The van der Waals surface area contributed by atoms with E-state index in [1.165, 1.54) is 57.2 Å². The third kappa shape index (κ3) is 7.22. The largest absolute Gasteiger partial charge is 0.357 e. The van der Waals surface area contributed by atoms with Crippen molar-refractivity contribution in [1.82, 2.24) is 20.5 Å². The number of hydrogen-bond donors (Lipinski definition) is 2. The van der Waals surface area contributed by atoms with Crippen molar-refractivity contribution in [1.29, 1.82) is 0 Å². The van der Waals surface area contributed by atoms with Gasteiger partial charge in [-0.15, -0.1) is 24.0 Å². The standard InChI is InChI=1S/C21H35N5.HI/c1-3-22-21(23-13-10-18-9-8-17(2)24-16-18)25-19-11-14-26(15-12-19)20-6-4-5-7-20;/h8-9,16,19-20H,3-7,10-15H2,1-2H3,(H2,22,23,25);1H. The molecule has 1 aromatic rings. The van der Waals surface area contributed by atoms with Crippen molar-refractivity contribution >= 4 is 29.9 Å². The third-order valence-corrected chi connectivity index (χ3v) is 5.70. The van der Waals surface area contributed by atoms with Gasteiger partial charge in [-0.3, -0.25) is 9.98 Å². The Hall–Kier alpha value is -0.890. The van der Waals surface area contributed by atoms with Crippen LogP contribution in [0.3, 0.4) is 0 Å². The van der Waals surface area contributed by atoms with Crippen LogP contribution in [0.25, 0.3) is 0 Å². The van der Waals surface area contributed by atoms with Crippen molar-refractivity contribution in [3.05, 3.63) is 29.6 Å². The molecule has 0 radical (unpaired) electrons. The average Bonchev–Trinajstić information content (AvgIpc) is 3.19. The lowest BCUT2D eigenvalue weighted by Crippen LogP contribution is -2.50. The maximum atomic E-state index is 4.77. The van der Waals surface area contributed by atoms with Crippen LogP contribution in [0.4, 0.5) is 0 Å². The molecular formula is C21H36IN5. The summed E-state index contributed by atoms with van der Waals surface area (Å²) in [5.74, 6) is 0.965. The maximum absolute atomic E-state index is 4.77. The van der Waals surface area contributed by atoms with Crippen LogP contribution in [-0.4, -0.2) is 54.1 Å². The van der Waals surface area contributed by atoms with Crippen LogP contribution in [-0.2, 0) is 6.42 Å². The first kappa shape index (κ1) is 22.4. The van der Waals surface area contributed by atoms with Gasteiger partial charge in [0, 0.05) is 50.2 Å². The molecule has 1 aromatic heterocycles. The van der Waals surface area contributed by atoms with E-state index in [0.29, 0.717) is 6.04 Å². The first-order valence-corrected chi connectivity index (χ1v) is 10.4. The van der Waals surface area contributed by atoms with Crippen LogP contribution in [0.2, 0.25) is 0 Å². The van der Waals surface area contributed by atoms with Gasteiger partial charge in [0.1, 0.15) is 0 Å². The van der Waals surface area contributed by atoms with Gasteiger partial charge in [-0.25, -0.2) is 0 Å². The number of likely N-dealkylation sites (tertiary alicyclic amines) is 1. The Labute approximate surface area is 181 Å². The van der Waals surface area contributed by atoms with Crippen LogP contribution in [0.15, 0.2) is 23.3 Å². The van der Waals surface area contributed by atoms with Crippen LogP contribution < -0.4 is 10.6 Å². The number of nitrogens with zero attached hydrogens (tertiary/aromatic N) is 3. The Bertz CT molecular complexity index is 560. The number of aromatic nitrogens is 1. The van der Waals surface area contributed by atoms with E-state index < -0.39 is 0 Å². The van der Waals surface area contributed by atoms with E-state index in [2.05, 4.69) is 39.6 Å². The van der Waals surface area contributed by atoms with Crippen molar-refractivity contribution in [3.8, 4) is 0 Å². The van der Waals surface area contributed by atoms with Crippen molar-refractivity contribution < 1.29 is 0 Å². The maximum Gasteiger partial charge on any atom is 0.191 e. The summed E-state index contributed by atoms with van der Waals surface area (Å²) in [4.78, 5) is 11.9. The number of aryl methyl sites for hydroxylation is 1. The van der Waals surface area contributed by atoms with E-state index in [4.69, 9.17) is 4.99 Å². The summed E-state index contributed by atoms with van der Waals surface area (Å²) in [6.07, 6.45) is 11.0. The summed E-state index contributed by atoms with van der Waals surface area (Å²) >= 11 is 0. The molecule has 0 spiro atoms. The number of rotatable bonds is 6. The average molecular weight is 485 g/mol. The Balaban J connectivity index is 0.00000261. The molecule has 0 atom stereocenters. The second-order valence-electron chi connectivity index (χ2n) is 7.71. The van der Waals surface area contributed by atoms with Crippen LogP contribution >= 0.6 is 24.0 Å². The van der Waals surface area contributed by atoms with Crippen LogP contribution in [0.5, 0.6) is 0 Å². The van der Waals surface area contributed by atoms with E-state index in [9.17, 15) is 0 Å². The molecule has 3 rings (SSSR count). The fourth-order valence-corrected chi connectivity index (χ4v) is 4.13. The van der Waals surface area contributed by atoms with Crippen molar-refractivity contribution in [3.63, 3.8) is 0 Å². The quantitative estimate of drug-likeness (QED) is 0.368. The minimum Gasteiger partial charge on any atom is -0.357 e. The Morgan fingerprint density at radius 1 is 1.19 bits per heavy atom. The summed E-state index contributed by atoms with van der Waals surface area (Å²) in [7, 11) is 0. The number of guanidine groups is 1. The van der Waals surface area contributed by atoms with Gasteiger partial charge in [0.25, 0.3) is 0 Å². The highest BCUT2D eigenvalue weighted by Gasteiger charge is 2.27. The van der Waals surface area contributed by atoms with Crippen LogP contribution in [0, 0.1) is 6.92 Å². The summed E-state index contributed by atoms with van der Waals surface area (Å²) < 4.78 is 0. The minimum atomic E-state index is 0. The Kier molecular flexibility index (Phi) is 9.82. The molecule has 2 fully saturated rings. The van der Waals surface area contributed by atoms with Gasteiger partial charge in [-0.05, 0) is 57.6 Å². The second kappa shape index (κ2) is 11.8. The number of halogens is 1. The fourth-order valence-electron chi connectivity index (χ4n) is 4.13. The lowest BCUT2D eigenvalue weighted by molar-refractivity contribution is 0.150. The number of aliphatic imine (C=N–C) groups is 1. The molecule has 1 saturated heterocycles. The zero-order chi connectivity index (χ0) is 18.2. The topological polar surface area (TPSA) is 52.6 Å². The first-order valence-electron chi connectivity index (χ1n) is 10.4. The lowest BCUT2D eigenvalue weighted by atomic mass is 10.0. The smallest absolute Gasteiger partial charge is 0.191 e. The van der Waals surface area contributed by atoms with Gasteiger partial charge in [0.05, 0.1) is 0 Å². The van der Waals surface area contributed by atoms with Gasteiger partial charge in [-0.2, -0.15) is 0 Å². The van der Waals surface area contributed by atoms with Crippen molar-refractivity contribution in [2.24, 2.45) is 4.99 Å². The van der Waals surface area contributed by atoms with E-state index >= 15 is 0 Å². The van der Waals surface area contributed by atoms with Gasteiger partial charge in [0.15, 0.2) is 5.96 Å². The molecule has 0 aromatic carbocycles. The Morgan fingerprint density at radius 3 is 2.56 bits per heavy atom. The third-order valence-electron chi connectivity index (χ3n) is 5.70. The zero-order valence-electron chi connectivity index (χ0n) is 16.9. The molecular weight excluding hydrogens is 449 g/mol. The summed E-state index contributed by atoms with van der Waals surface area (Å²) in [5, 5.41) is 7.06. The van der Waals surface area contributed by atoms with Crippen molar-refractivity contribution in [2.75, 3.05) is 26.2 Å². The van der Waals surface area contributed by atoms with Crippen LogP contribution in [0.1, 0.15) is 56.7 Å². The molecule has 0 unspecified atom stereocenters. The number of piperidine rings is 1. The summed E-state index contributed by atoms with van der Waals surface area (Å²) in [5.41, 5.74) is 2.32. The van der Waals surface area contributed by atoms with E-state index in [1.807, 2.05) is 13.1 Å². The molecule has 5 nitrogen and oxygen atoms in total. The van der Waals surface area contributed by atoms with Gasteiger partial charge in [-0.1, -0.05) is 18.9 Å². The number of nitrogens with one attached hydrogen (secondary N) is 2. The highest BCUT2D eigenvalue weighted by atomic mass is 127. The molecule has 6 heteroatoms. The number of pyridine rings is 1. The van der Waals surface area contributed by atoms with Crippen molar-refractivity contribution in [2.45, 2.75) is 70.9 Å². The molecule has 0 amide bonds. The highest BCUT2D eigenvalue weighted by molar-refractivity contribution is 14.0. The molecule has 2 aliphatic rings. The SMILES string of the molecule is CCNC(=NCCc1ccc(C)nc1)NC1CCN(C2CCCC2)CC1.I. The lowest BCUT2D eigenvalue weighted by Gasteiger charge is -2.36. The molecule has 27 heavy (non-hydrogen) atoms. The number of hydrogen-bond acceptors (Lipinski definition) is 3. The normalized spacial score (nSPS) is 19.7. The second-order valence-corrected chi connectivity index (χ2v) is 7.71. The summed E-state index contributed by atoms with van der Waals surface area (Å²) in [6, 6.07) is 5.63. The predicted octanol–water partition coefficient (Wildman–Crippen LogP) is 3.51. The fraction of sp³-hybridized carbons (Fsp3) is 0.714. The van der Waals surface area contributed by atoms with Gasteiger partial charge in [0.2, 0.25) is 0 Å². The van der Waals surface area contributed by atoms with E-state index in [-0.39, 0.29) is 24.0 Å². The molecule has 1 aliphatic heterocycles. The molecule has 2 N–H and O–H groups in total. The predicted molar refractivity (Wildman–Crippen MR) is 124 cm³/mol. The first-order chi connectivity index (χ1) is 12.7. The molecule has 2 heterocycles. The molecule has 1 saturated carbocycles. The molecule has 1 aliphatic carbocycles. The van der Waals surface area contributed by atoms with Gasteiger partial charge < -0.3 is 15.5 Å². The Morgan fingerprint density at radius 2 is 1.93 bits per heavy atom. The molecule has 0 bridgehead atoms. The zero-order valence-corrected chi connectivity index (χ0v) is 19.2. The summed E-state index contributed by atoms with van der Waals surface area (Å²) in [6.45, 7) is 8.31. The van der Waals surface area contributed by atoms with E-state index in [0.717, 1.165) is 37.2 Å². The molecule has 152 valence electrons. The monoisotopic (exact) mass is 485 g/mol. The highest BCUT2D eigenvalue weighted by Crippen LogP contribution is 2.26. The van der Waals surface area contributed by atoms with E-state index in [1.54, 1.807) is 0 Å².